The Morgan fingerprint density at radius 1 is 1.47 bits per heavy atom. The standard InChI is InChI=1S/C13H16O3Se/c1-3-4-10-16-13(12(14)15-2)17-11-8-6-5-7-9-11/h3,5-9,13H,1,4,10H2,2H3. The normalized spacial score (nSPS) is 11.8. The Kier molecular flexibility index (Phi) is 6.63. The average Bonchev–Trinajstić information content (AvgIpc) is 2.38. The zero-order valence-electron chi connectivity index (χ0n) is 9.80. The van der Waals surface area contributed by atoms with E-state index in [1.807, 2.05) is 30.3 Å². The van der Waals surface area contributed by atoms with Gasteiger partial charge in [-0.05, 0) is 0 Å². The molecule has 0 aliphatic heterocycles. The van der Waals surface area contributed by atoms with Gasteiger partial charge in [-0.25, -0.2) is 0 Å². The summed E-state index contributed by atoms with van der Waals surface area (Å²) in [4.78, 5) is 11.6. The second-order valence-corrected chi connectivity index (χ2v) is 5.62. The molecule has 1 atom stereocenters. The van der Waals surface area contributed by atoms with Crippen LogP contribution in [-0.2, 0) is 14.3 Å². The zero-order chi connectivity index (χ0) is 12.5. The molecule has 1 unspecified atom stereocenters. The van der Waals surface area contributed by atoms with E-state index >= 15 is 0 Å². The summed E-state index contributed by atoms with van der Waals surface area (Å²) in [5.74, 6) is -0.307. The first-order chi connectivity index (χ1) is 8.27. The number of hydrogen-bond donors (Lipinski definition) is 0. The van der Waals surface area contributed by atoms with E-state index in [0.717, 1.165) is 10.9 Å². The number of rotatable bonds is 7. The summed E-state index contributed by atoms with van der Waals surface area (Å²) in [6.07, 6.45) is 2.50. The fourth-order valence-corrected chi connectivity index (χ4v) is 3.05. The molecule has 0 aliphatic rings. The predicted molar refractivity (Wildman–Crippen MR) is 68.4 cm³/mol. The minimum atomic E-state index is -0.477. The van der Waals surface area contributed by atoms with Crippen molar-refractivity contribution in [2.75, 3.05) is 13.7 Å². The van der Waals surface area contributed by atoms with Crippen molar-refractivity contribution in [1.82, 2.24) is 0 Å². The Bertz CT molecular complexity index is 351. The topological polar surface area (TPSA) is 35.5 Å². The molecule has 0 heterocycles. The molecule has 0 aromatic heterocycles. The summed E-state index contributed by atoms with van der Waals surface area (Å²) in [5, 5.41) is -0.477. The predicted octanol–water partition coefficient (Wildman–Crippen LogP) is 1.11. The molecular weight excluding hydrogens is 283 g/mol. The van der Waals surface area contributed by atoms with Gasteiger partial charge in [-0.3, -0.25) is 0 Å². The van der Waals surface area contributed by atoms with Crippen molar-refractivity contribution in [2.45, 2.75) is 11.4 Å². The van der Waals surface area contributed by atoms with Crippen molar-refractivity contribution in [2.24, 2.45) is 0 Å². The van der Waals surface area contributed by atoms with Crippen molar-refractivity contribution in [3.05, 3.63) is 43.0 Å². The molecule has 1 aromatic carbocycles. The van der Waals surface area contributed by atoms with E-state index in [1.54, 1.807) is 6.08 Å². The van der Waals surface area contributed by atoms with E-state index in [0.29, 0.717) is 6.61 Å². The van der Waals surface area contributed by atoms with Gasteiger partial charge in [-0.2, -0.15) is 0 Å². The summed E-state index contributed by atoms with van der Waals surface area (Å²) in [6.45, 7) is 4.11. The molecule has 0 amide bonds. The molecule has 0 saturated carbocycles. The van der Waals surface area contributed by atoms with E-state index in [4.69, 9.17) is 9.47 Å². The fourth-order valence-electron chi connectivity index (χ4n) is 1.13. The molecule has 3 nitrogen and oxygen atoms in total. The molecule has 17 heavy (non-hydrogen) atoms. The van der Waals surface area contributed by atoms with Gasteiger partial charge in [0, 0.05) is 0 Å². The third-order valence-corrected chi connectivity index (χ3v) is 4.25. The number of esters is 1. The molecular formula is C13H16O3Se. The molecule has 0 bridgehead atoms. The fraction of sp³-hybridized carbons (Fsp3) is 0.308. The molecule has 0 fully saturated rings. The van der Waals surface area contributed by atoms with Crippen LogP contribution in [0, 0.1) is 0 Å². The van der Waals surface area contributed by atoms with Gasteiger partial charge in [0.1, 0.15) is 0 Å². The second kappa shape index (κ2) is 8.07. The van der Waals surface area contributed by atoms with E-state index < -0.39 is 5.00 Å². The molecule has 1 aromatic rings. The molecule has 0 aliphatic carbocycles. The minimum absolute atomic E-state index is 0.0739. The van der Waals surface area contributed by atoms with Crippen LogP contribution in [0.3, 0.4) is 0 Å². The van der Waals surface area contributed by atoms with Gasteiger partial charge in [-0.1, -0.05) is 0 Å². The number of carbonyl (C=O) groups is 1. The van der Waals surface area contributed by atoms with Crippen LogP contribution >= 0.6 is 0 Å². The first kappa shape index (κ1) is 14.0. The monoisotopic (exact) mass is 300 g/mol. The Morgan fingerprint density at radius 3 is 2.76 bits per heavy atom. The van der Waals surface area contributed by atoms with E-state index in [2.05, 4.69) is 6.58 Å². The van der Waals surface area contributed by atoms with Crippen LogP contribution in [0.15, 0.2) is 43.0 Å². The first-order valence-corrected chi connectivity index (χ1v) is 7.14. The van der Waals surface area contributed by atoms with Crippen LogP contribution in [0.25, 0.3) is 0 Å². The number of benzene rings is 1. The van der Waals surface area contributed by atoms with Crippen molar-refractivity contribution >= 4 is 25.4 Å². The van der Waals surface area contributed by atoms with E-state index in [1.165, 1.54) is 7.11 Å². The maximum absolute atomic E-state index is 11.6. The maximum atomic E-state index is 11.6. The Morgan fingerprint density at radius 2 is 2.18 bits per heavy atom. The van der Waals surface area contributed by atoms with Crippen molar-refractivity contribution in [3.8, 4) is 0 Å². The second-order valence-electron chi connectivity index (χ2n) is 3.23. The third kappa shape index (κ3) is 5.18. The number of methoxy groups -OCH3 is 1. The van der Waals surface area contributed by atoms with Gasteiger partial charge in [0.2, 0.25) is 0 Å². The Hall–Kier alpha value is -1.09. The van der Waals surface area contributed by atoms with Gasteiger partial charge >= 0.3 is 108 Å². The quantitative estimate of drug-likeness (QED) is 0.327. The number of ether oxygens (including phenoxy) is 2. The van der Waals surface area contributed by atoms with Crippen LogP contribution < -0.4 is 4.46 Å². The molecule has 92 valence electrons. The van der Waals surface area contributed by atoms with E-state index in [9.17, 15) is 4.79 Å². The van der Waals surface area contributed by atoms with Gasteiger partial charge < -0.3 is 0 Å². The van der Waals surface area contributed by atoms with Crippen LogP contribution in [0.4, 0.5) is 0 Å². The van der Waals surface area contributed by atoms with Crippen LogP contribution in [0.1, 0.15) is 6.42 Å². The van der Waals surface area contributed by atoms with Gasteiger partial charge in [0.05, 0.1) is 0 Å². The van der Waals surface area contributed by atoms with E-state index in [-0.39, 0.29) is 20.9 Å². The Labute approximate surface area is 108 Å². The average molecular weight is 299 g/mol. The van der Waals surface area contributed by atoms with Gasteiger partial charge in [0.25, 0.3) is 0 Å². The first-order valence-electron chi connectivity index (χ1n) is 5.30. The summed E-state index contributed by atoms with van der Waals surface area (Å²) in [5.41, 5.74) is 0. The molecule has 4 heteroatoms. The van der Waals surface area contributed by atoms with Gasteiger partial charge in [0.15, 0.2) is 0 Å². The number of hydrogen-bond acceptors (Lipinski definition) is 3. The molecule has 1 rings (SSSR count). The third-order valence-electron chi connectivity index (χ3n) is 1.97. The van der Waals surface area contributed by atoms with Crippen LogP contribution in [-0.4, -0.2) is 39.6 Å². The van der Waals surface area contributed by atoms with Crippen molar-refractivity contribution in [3.63, 3.8) is 0 Å². The summed E-state index contributed by atoms with van der Waals surface area (Å²) in [6, 6.07) is 9.84. The molecule has 0 spiro atoms. The number of carbonyl (C=O) groups excluding carboxylic acids is 1. The van der Waals surface area contributed by atoms with Gasteiger partial charge in [-0.15, -0.1) is 0 Å². The van der Waals surface area contributed by atoms with Crippen molar-refractivity contribution in [1.29, 1.82) is 0 Å². The summed E-state index contributed by atoms with van der Waals surface area (Å²) in [7, 11) is 1.38. The summed E-state index contributed by atoms with van der Waals surface area (Å²) < 4.78 is 11.4. The van der Waals surface area contributed by atoms with Crippen LogP contribution in [0.5, 0.6) is 0 Å². The Balaban J connectivity index is 2.57. The zero-order valence-corrected chi connectivity index (χ0v) is 11.5. The molecule has 0 saturated heterocycles. The summed E-state index contributed by atoms with van der Waals surface area (Å²) >= 11 is -0.0739. The molecule has 0 radical (unpaired) electrons. The molecule has 0 N–H and O–H groups in total. The SMILES string of the molecule is C=CCCOC([Se]c1ccccc1)C(=O)OC. The van der Waals surface area contributed by atoms with Crippen LogP contribution in [0.2, 0.25) is 0 Å². The van der Waals surface area contributed by atoms with Crippen molar-refractivity contribution < 1.29 is 14.3 Å².